The largest absolute Gasteiger partial charge is 0.351 e. The van der Waals surface area contributed by atoms with Crippen LogP contribution in [0.1, 0.15) is 22.3 Å². The number of thioether (sulfide) groups is 1. The van der Waals surface area contributed by atoms with Gasteiger partial charge < -0.3 is 10.6 Å². The van der Waals surface area contributed by atoms with E-state index in [1.165, 1.54) is 34.4 Å². The average molecular weight is 473 g/mol. The standard InChI is InChI=1S/C17H14Cl2N4O2S3/c18-12-2-1-3-13(19)11(12)9-27-17-23-22-16(28-17)21-14(24)4-6-20-15(25)10-5-7-26-8-10/h1-3,5,7-8H,4,6,9H2,(H,20,25)(H,21,22,24). The van der Waals surface area contributed by atoms with E-state index in [4.69, 9.17) is 23.2 Å². The van der Waals surface area contributed by atoms with E-state index in [0.29, 0.717) is 30.8 Å². The summed E-state index contributed by atoms with van der Waals surface area (Å²) in [6.07, 6.45) is 0.146. The molecule has 28 heavy (non-hydrogen) atoms. The minimum absolute atomic E-state index is 0.146. The molecule has 3 rings (SSSR count). The van der Waals surface area contributed by atoms with Gasteiger partial charge in [0, 0.05) is 39.7 Å². The molecular formula is C17H14Cl2N4O2S3. The van der Waals surface area contributed by atoms with E-state index in [9.17, 15) is 9.59 Å². The fraction of sp³-hybridized carbons (Fsp3) is 0.176. The topological polar surface area (TPSA) is 84.0 Å². The Kier molecular flexibility index (Phi) is 7.69. The number of nitrogens with one attached hydrogen (secondary N) is 2. The summed E-state index contributed by atoms with van der Waals surface area (Å²) in [4.78, 5) is 23.8. The zero-order chi connectivity index (χ0) is 19.9. The molecule has 2 N–H and O–H groups in total. The van der Waals surface area contributed by atoms with Crippen molar-refractivity contribution < 1.29 is 9.59 Å². The number of benzene rings is 1. The molecule has 0 spiro atoms. The van der Waals surface area contributed by atoms with Gasteiger partial charge >= 0.3 is 0 Å². The fourth-order valence-electron chi connectivity index (χ4n) is 2.09. The lowest BCUT2D eigenvalue weighted by Gasteiger charge is -2.04. The quantitative estimate of drug-likeness (QED) is 0.357. The highest BCUT2D eigenvalue weighted by atomic mass is 35.5. The van der Waals surface area contributed by atoms with Crippen LogP contribution in [-0.2, 0) is 10.5 Å². The van der Waals surface area contributed by atoms with E-state index < -0.39 is 0 Å². The zero-order valence-corrected chi connectivity index (χ0v) is 18.2. The van der Waals surface area contributed by atoms with Crippen LogP contribution < -0.4 is 10.6 Å². The number of amides is 2. The van der Waals surface area contributed by atoms with Crippen LogP contribution in [0.25, 0.3) is 0 Å². The van der Waals surface area contributed by atoms with Gasteiger partial charge in [-0.05, 0) is 29.1 Å². The Morgan fingerprint density at radius 3 is 2.64 bits per heavy atom. The molecule has 0 radical (unpaired) electrons. The lowest BCUT2D eigenvalue weighted by molar-refractivity contribution is -0.116. The maximum atomic E-state index is 12.0. The highest BCUT2D eigenvalue weighted by molar-refractivity contribution is 8.00. The molecule has 2 amide bonds. The van der Waals surface area contributed by atoms with E-state index in [-0.39, 0.29) is 24.8 Å². The summed E-state index contributed by atoms with van der Waals surface area (Å²) in [5.74, 6) is 0.116. The number of aromatic nitrogens is 2. The average Bonchev–Trinajstić information content (AvgIpc) is 3.33. The van der Waals surface area contributed by atoms with Crippen molar-refractivity contribution in [1.82, 2.24) is 15.5 Å². The molecular weight excluding hydrogens is 459 g/mol. The van der Waals surface area contributed by atoms with E-state index in [1.54, 1.807) is 29.6 Å². The first-order chi connectivity index (χ1) is 13.5. The second-order valence-corrected chi connectivity index (χ2v) is 9.22. The van der Waals surface area contributed by atoms with Crippen molar-refractivity contribution in [2.75, 3.05) is 11.9 Å². The third-order valence-corrected chi connectivity index (χ3v) is 6.87. The summed E-state index contributed by atoms with van der Waals surface area (Å²) in [5, 5.41) is 18.6. The summed E-state index contributed by atoms with van der Waals surface area (Å²) in [6.45, 7) is 0.242. The Morgan fingerprint density at radius 2 is 1.93 bits per heavy atom. The Labute approximate surface area is 183 Å². The Bertz CT molecular complexity index is 943. The first-order valence-corrected chi connectivity index (χ1v) is 11.5. The highest BCUT2D eigenvalue weighted by Gasteiger charge is 2.12. The molecule has 0 saturated heterocycles. The zero-order valence-electron chi connectivity index (χ0n) is 14.3. The van der Waals surface area contributed by atoms with Gasteiger partial charge in [-0.15, -0.1) is 10.2 Å². The number of anilines is 1. The predicted molar refractivity (Wildman–Crippen MR) is 116 cm³/mol. The van der Waals surface area contributed by atoms with Crippen LogP contribution in [0.5, 0.6) is 0 Å². The molecule has 1 aromatic carbocycles. The molecule has 0 bridgehead atoms. The van der Waals surface area contributed by atoms with Crippen molar-refractivity contribution in [3.05, 3.63) is 56.2 Å². The smallest absolute Gasteiger partial charge is 0.252 e. The number of rotatable bonds is 8. The Morgan fingerprint density at radius 1 is 1.14 bits per heavy atom. The molecule has 146 valence electrons. The van der Waals surface area contributed by atoms with Gasteiger partial charge in [0.15, 0.2) is 4.34 Å². The first-order valence-electron chi connectivity index (χ1n) is 8.02. The molecule has 0 aliphatic heterocycles. The highest BCUT2D eigenvalue weighted by Crippen LogP contribution is 2.33. The van der Waals surface area contributed by atoms with Gasteiger partial charge in [-0.3, -0.25) is 9.59 Å². The predicted octanol–water partition coefficient (Wildman–Crippen LogP) is 4.96. The molecule has 2 heterocycles. The van der Waals surface area contributed by atoms with Crippen molar-refractivity contribution in [2.24, 2.45) is 0 Å². The van der Waals surface area contributed by atoms with Crippen LogP contribution in [0.15, 0.2) is 39.4 Å². The summed E-state index contributed by atoms with van der Waals surface area (Å²) >= 11 is 16.5. The molecule has 6 nitrogen and oxygen atoms in total. The number of carbonyl (C=O) groups excluding carboxylic acids is 2. The van der Waals surface area contributed by atoms with Crippen molar-refractivity contribution in [1.29, 1.82) is 0 Å². The monoisotopic (exact) mass is 472 g/mol. The van der Waals surface area contributed by atoms with Crippen molar-refractivity contribution >= 4 is 74.6 Å². The van der Waals surface area contributed by atoms with Crippen molar-refractivity contribution in [2.45, 2.75) is 16.5 Å². The van der Waals surface area contributed by atoms with Gasteiger partial charge in [-0.1, -0.05) is 52.4 Å². The lowest BCUT2D eigenvalue weighted by Crippen LogP contribution is -2.27. The maximum Gasteiger partial charge on any atom is 0.252 e. The molecule has 0 aliphatic rings. The molecule has 0 unspecified atom stereocenters. The van der Waals surface area contributed by atoms with Crippen LogP contribution in [-0.4, -0.2) is 28.6 Å². The molecule has 2 aromatic heterocycles. The SMILES string of the molecule is O=C(CCNC(=O)c1ccsc1)Nc1nnc(SCc2c(Cl)cccc2Cl)s1. The van der Waals surface area contributed by atoms with Gasteiger partial charge in [0.1, 0.15) is 0 Å². The maximum absolute atomic E-state index is 12.0. The lowest BCUT2D eigenvalue weighted by atomic mass is 10.2. The van der Waals surface area contributed by atoms with Crippen LogP contribution >= 0.6 is 57.6 Å². The number of hydrogen-bond acceptors (Lipinski definition) is 7. The number of thiophene rings is 1. The van der Waals surface area contributed by atoms with E-state index in [0.717, 1.165) is 5.56 Å². The van der Waals surface area contributed by atoms with Gasteiger partial charge in [0.05, 0.1) is 0 Å². The molecule has 0 saturated carbocycles. The van der Waals surface area contributed by atoms with Gasteiger partial charge in [0.2, 0.25) is 11.0 Å². The molecule has 3 aromatic rings. The van der Waals surface area contributed by atoms with Crippen LogP contribution in [0.3, 0.4) is 0 Å². The molecule has 11 heteroatoms. The minimum Gasteiger partial charge on any atom is -0.351 e. The molecule has 0 aliphatic carbocycles. The second-order valence-electron chi connectivity index (χ2n) is 5.43. The molecule has 0 fully saturated rings. The van der Waals surface area contributed by atoms with Crippen molar-refractivity contribution in [3.63, 3.8) is 0 Å². The Balaban J connectivity index is 1.43. The van der Waals surface area contributed by atoms with Gasteiger partial charge in [-0.25, -0.2) is 0 Å². The summed E-state index contributed by atoms with van der Waals surface area (Å²) in [5.41, 5.74) is 1.42. The third kappa shape index (κ3) is 5.92. The third-order valence-electron chi connectivity index (χ3n) is 3.48. The van der Waals surface area contributed by atoms with E-state index >= 15 is 0 Å². The number of carbonyl (C=O) groups is 2. The Hall–Kier alpha value is -1.65. The van der Waals surface area contributed by atoms with Crippen LogP contribution in [0.4, 0.5) is 5.13 Å². The summed E-state index contributed by atoms with van der Waals surface area (Å²) in [7, 11) is 0. The number of halogens is 2. The van der Waals surface area contributed by atoms with Crippen LogP contribution in [0, 0.1) is 0 Å². The van der Waals surface area contributed by atoms with Gasteiger partial charge in [-0.2, -0.15) is 11.3 Å². The van der Waals surface area contributed by atoms with Gasteiger partial charge in [0.25, 0.3) is 5.91 Å². The fourth-order valence-corrected chi connectivity index (χ4v) is 5.24. The summed E-state index contributed by atoms with van der Waals surface area (Å²) < 4.78 is 0.692. The van der Waals surface area contributed by atoms with Crippen LogP contribution in [0.2, 0.25) is 10.0 Å². The number of hydrogen-bond donors (Lipinski definition) is 2. The molecule has 0 atom stereocenters. The minimum atomic E-state index is -0.243. The second kappa shape index (κ2) is 10.2. The first kappa shape index (κ1) is 21.1. The normalized spacial score (nSPS) is 10.6. The van der Waals surface area contributed by atoms with Crippen molar-refractivity contribution in [3.8, 4) is 0 Å². The van der Waals surface area contributed by atoms with E-state index in [2.05, 4.69) is 20.8 Å². The summed E-state index contributed by atoms with van der Waals surface area (Å²) in [6, 6.07) is 7.09. The van der Waals surface area contributed by atoms with E-state index in [1.807, 2.05) is 5.38 Å². The number of nitrogens with zero attached hydrogens (tertiary/aromatic N) is 2.